The number of ether oxygens (including phenoxy) is 1. The molecule has 1 aliphatic rings. The van der Waals surface area contributed by atoms with Crippen LogP contribution in [0.4, 0.5) is 19.3 Å². The fraction of sp³-hybridized carbons (Fsp3) is 0.160. The van der Waals surface area contributed by atoms with Crippen molar-refractivity contribution in [3.8, 4) is 11.1 Å². The Morgan fingerprint density at radius 2 is 1.56 bits per heavy atom. The number of anilines is 1. The maximum absolute atomic E-state index is 14.3. The molecule has 9 heteroatoms. The third kappa shape index (κ3) is 4.32. The van der Waals surface area contributed by atoms with Gasteiger partial charge in [0.15, 0.2) is 5.82 Å². The van der Waals surface area contributed by atoms with Gasteiger partial charge in [-0.1, -0.05) is 48.5 Å². The first-order valence-corrected chi connectivity index (χ1v) is 10.4. The predicted octanol–water partition coefficient (Wildman–Crippen LogP) is 4.53. The number of benzene rings is 3. The molecule has 3 N–H and O–H groups in total. The van der Waals surface area contributed by atoms with Crippen molar-refractivity contribution in [3.05, 3.63) is 89.0 Å². The van der Waals surface area contributed by atoms with E-state index < -0.39 is 46.9 Å². The highest BCUT2D eigenvalue weighted by Gasteiger charge is 2.29. The Kier molecular flexibility index (Phi) is 6.27. The molecule has 0 unspecified atom stereocenters. The van der Waals surface area contributed by atoms with Gasteiger partial charge in [0.1, 0.15) is 24.0 Å². The quantitative estimate of drug-likeness (QED) is 0.495. The molecule has 0 fully saturated rings. The van der Waals surface area contributed by atoms with Crippen molar-refractivity contribution < 1.29 is 33.0 Å². The molecule has 3 aromatic rings. The summed E-state index contributed by atoms with van der Waals surface area (Å²) in [5.74, 6) is -5.50. The van der Waals surface area contributed by atoms with Crippen LogP contribution in [0, 0.1) is 11.6 Å². The first kappa shape index (κ1) is 22.9. The summed E-state index contributed by atoms with van der Waals surface area (Å²) >= 11 is 0. The summed E-state index contributed by atoms with van der Waals surface area (Å²) in [7, 11) is 0. The maximum Gasteiger partial charge on any atom is 0.407 e. The molecule has 0 spiro atoms. The number of rotatable bonds is 6. The van der Waals surface area contributed by atoms with E-state index in [1.165, 1.54) is 6.92 Å². The third-order valence-electron chi connectivity index (χ3n) is 5.63. The van der Waals surface area contributed by atoms with Gasteiger partial charge >= 0.3 is 12.1 Å². The van der Waals surface area contributed by atoms with E-state index in [0.717, 1.165) is 34.4 Å². The van der Waals surface area contributed by atoms with Crippen LogP contribution in [-0.2, 0) is 9.53 Å². The molecular weight excluding hydrogens is 446 g/mol. The zero-order valence-electron chi connectivity index (χ0n) is 18.0. The van der Waals surface area contributed by atoms with Crippen LogP contribution in [0.3, 0.4) is 0 Å². The molecule has 0 aliphatic heterocycles. The van der Waals surface area contributed by atoms with Crippen molar-refractivity contribution in [1.82, 2.24) is 5.32 Å². The second-order valence-electron chi connectivity index (χ2n) is 7.77. The molecule has 7 nitrogen and oxygen atoms in total. The maximum atomic E-state index is 14.3. The number of carbonyl (C=O) groups excluding carboxylic acids is 2. The topological polar surface area (TPSA) is 105 Å². The number of hydrogen-bond acceptors (Lipinski definition) is 4. The number of aromatic carboxylic acids is 1. The number of hydrogen-bond donors (Lipinski definition) is 3. The zero-order chi connectivity index (χ0) is 24.4. The first-order chi connectivity index (χ1) is 16.3. The molecule has 1 atom stereocenters. The summed E-state index contributed by atoms with van der Waals surface area (Å²) < 4.78 is 33.2. The Morgan fingerprint density at radius 1 is 0.971 bits per heavy atom. The summed E-state index contributed by atoms with van der Waals surface area (Å²) in [4.78, 5) is 35.7. The van der Waals surface area contributed by atoms with E-state index in [4.69, 9.17) is 9.84 Å². The van der Waals surface area contributed by atoms with Crippen molar-refractivity contribution in [3.63, 3.8) is 0 Å². The van der Waals surface area contributed by atoms with Gasteiger partial charge in [0.25, 0.3) is 0 Å². The molecule has 0 radical (unpaired) electrons. The number of nitrogens with one attached hydrogen (secondary N) is 2. The van der Waals surface area contributed by atoms with E-state index in [9.17, 15) is 23.2 Å². The molecule has 0 saturated heterocycles. The Hall–Kier alpha value is -4.27. The van der Waals surface area contributed by atoms with Crippen molar-refractivity contribution in [1.29, 1.82) is 0 Å². The first-order valence-electron chi connectivity index (χ1n) is 10.4. The van der Waals surface area contributed by atoms with Crippen LogP contribution in [0.25, 0.3) is 11.1 Å². The normalized spacial score (nSPS) is 12.9. The molecule has 174 valence electrons. The lowest BCUT2D eigenvalue weighted by atomic mass is 9.98. The van der Waals surface area contributed by atoms with Gasteiger partial charge in [-0.3, -0.25) is 4.79 Å². The highest BCUT2D eigenvalue weighted by Crippen LogP contribution is 2.44. The van der Waals surface area contributed by atoms with Gasteiger partial charge in [-0.05, 0) is 41.3 Å². The number of alkyl carbamates (subject to hydrolysis) is 1. The zero-order valence-corrected chi connectivity index (χ0v) is 18.0. The average Bonchev–Trinajstić information content (AvgIpc) is 3.13. The predicted molar refractivity (Wildman–Crippen MR) is 120 cm³/mol. The van der Waals surface area contributed by atoms with E-state index in [1.54, 1.807) is 0 Å². The van der Waals surface area contributed by atoms with Crippen LogP contribution in [0.2, 0.25) is 0 Å². The highest BCUT2D eigenvalue weighted by molar-refractivity contribution is 5.98. The van der Waals surface area contributed by atoms with Gasteiger partial charge in [0.05, 0.1) is 5.69 Å². The fourth-order valence-corrected chi connectivity index (χ4v) is 3.97. The third-order valence-corrected chi connectivity index (χ3v) is 5.63. The minimum absolute atomic E-state index is 0.0444. The fourth-order valence-electron chi connectivity index (χ4n) is 3.97. The number of halogens is 2. The minimum Gasteiger partial charge on any atom is -0.477 e. The number of fused-ring (bicyclic) bond motifs is 3. The molecule has 0 saturated carbocycles. The van der Waals surface area contributed by atoms with E-state index in [1.807, 2.05) is 48.5 Å². The lowest BCUT2D eigenvalue weighted by Crippen LogP contribution is -2.42. The molecule has 4 rings (SSSR count). The number of amides is 2. The van der Waals surface area contributed by atoms with Gasteiger partial charge in [-0.15, -0.1) is 0 Å². The molecule has 1 aliphatic carbocycles. The molecule has 0 aromatic heterocycles. The van der Waals surface area contributed by atoms with Crippen LogP contribution in [0.1, 0.15) is 34.3 Å². The lowest BCUT2D eigenvalue weighted by molar-refractivity contribution is -0.117. The van der Waals surface area contributed by atoms with Crippen molar-refractivity contribution in [2.75, 3.05) is 11.9 Å². The summed E-state index contributed by atoms with van der Waals surface area (Å²) in [6, 6.07) is 16.1. The Labute approximate surface area is 193 Å². The Bertz CT molecular complexity index is 1250. The van der Waals surface area contributed by atoms with E-state index in [-0.39, 0.29) is 12.5 Å². The summed E-state index contributed by atoms with van der Waals surface area (Å²) in [6.45, 7) is 1.39. The largest absolute Gasteiger partial charge is 0.477 e. The Morgan fingerprint density at radius 3 is 2.15 bits per heavy atom. The Balaban J connectivity index is 1.38. The van der Waals surface area contributed by atoms with Crippen molar-refractivity contribution in [2.45, 2.75) is 18.9 Å². The van der Waals surface area contributed by atoms with Crippen molar-refractivity contribution in [2.24, 2.45) is 0 Å². The lowest BCUT2D eigenvalue weighted by Gasteiger charge is -2.17. The van der Waals surface area contributed by atoms with Gasteiger partial charge < -0.3 is 20.5 Å². The van der Waals surface area contributed by atoms with Gasteiger partial charge in [-0.25, -0.2) is 18.4 Å². The molecule has 2 amide bonds. The van der Waals surface area contributed by atoms with E-state index in [2.05, 4.69) is 10.6 Å². The smallest absolute Gasteiger partial charge is 0.407 e. The van der Waals surface area contributed by atoms with Crippen LogP contribution >= 0.6 is 0 Å². The number of carboxylic acids is 1. The van der Waals surface area contributed by atoms with Crippen LogP contribution in [0.5, 0.6) is 0 Å². The molecule has 0 bridgehead atoms. The van der Waals surface area contributed by atoms with Crippen molar-refractivity contribution >= 4 is 23.7 Å². The SMILES string of the molecule is C[C@@H](NC(=O)OCC1c2ccccc2-c2ccccc21)C(=O)Nc1ccc(F)c(C(=O)O)c1F. The van der Waals surface area contributed by atoms with Crippen LogP contribution in [0.15, 0.2) is 60.7 Å². The van der Waals surface area contributed by atoms with Gasteiger partial charge in [0, 0.05) is 5.92 Å². The highest BCUT2D eigenvalue weighted by atomic mass is 19.1. The van der Waals surface area contributed by atoms with Crippen LogP contribution in [-0.4, -0.2) is 35.7 Å². The van der Waals surface area contributed by atoms with Crippen LogP contribution < -0.4 is 10.6 Å². The second kappa shape index (κ2) is 9.30. The molecule has 3 aromatic carbocycles. The standard InChI is InChI=1S/C25H20F2N2O5/c1-13(23(30)29-20-11-10-19(26)21(22(20)27)24(31)32)28-25(33)34-12-18-16-8-4-2-6-14(16)15-7-3-5-9-17(15)18/h2-11,13,18H,12H2,1H3,(H,28,33)(H,29,30)(H,31,32)/t13-/m1/s1. The van der Waals surface area contributed by atoms with E-state index >= 15 is 0 Å². The summed E-state index contributed by atoms with van der Waals surface area (Å²) in [5.41, 5.74) is 2.50. The summed E-state index contributed by atoms with van der Waals surface area (Å²) in [5, 5.41) is 13.4. The molecular formula is C25H20F2N2O5. The number of carbonyl (C=O) groups is 3. The monoisotopic (exact) mass is 466 g/mol. The van der Waals surface area contributed by atoms with E-state index in [0.29, 0.717) is 0 Å². The summed E-state index contributed by atoms with van der Waals surface area (Å²) in [6.07, 6.45) is -0.852. The van der Waals surface area contributed by atoms with Gasteiger partial charge in [0.2, 0.25) is 5.91 Å². The second-order valence-corrected chi connectivity index (χ2v) is 7.77. The minimum atomic E-state index is -1.81. The van der Waals surface area contributed by atoms with Gasteiger partial charge in [-0.2, -0.15) is 0 Å². The average molecular weight is 466 g/mol. The molecule has 34 heavy (non-hydrogen) atoms. The molecule has 0 heterocycles. The number of carboxylic acid groups (broad SMARTS) is 1.